The van der Waals surface area contributed by atoms with Crippen LogP contribution in [-0.2, 0) is 10.9 Å². The lowest BCUT2D eigenvalue weighted by Gasteiger charge is -2.22. The van der Waals surface area contributed by atoms with Crippen LogP contribution in [0, 0.1) is 5.41 Å². The second-order valence-corrected chi connectivity index (χ2v) is 5.19. The van der Waals surface area contributed by atoms with E-state index < -0.39 is 23.3 Å². The summed E-state index contributed by atoms with van der Waals surface area (Å²) in [6.07, 6.45) is -2.66. The smallest absolute Gasteiger partial charge is 0.381 e. The van der Waals surface area contributed by atoms with E-state index in [1.54, 1.807) is 0 Å². The van der Waals surface area contributed by atoms with Crippen LogP contribution in [0.25, 0.3) is 0 Å². The van der Waals surface area contributed by atoms with E-state index in [1.165, 1.54) is 6.20 Å². The fraction of sp³-hybridized carbons (Fsp3) is 0.538. The number of nitrogens with one attached hydrogen (secondary N) is 1. The van der Waals surface area contributed by atoms with Crippen molar-refractivity contribution in [3.63, 3.8) is 0 Å². The third-order valence-corrected chi connectivity index (χ3v) is 3.30. The molecule has 110 valence electrons. The maximum atomic E-state index is 12.8. The fourth-order valence-electron chi connectivity index (χ4n) is 2.04. The van der Waals surface area contributed by atoms with Crippen molar-refractivity contribution in [3.8, 4) is 0 Å². The third-order valence-electron chi connectivity index (χ3n) is 3.30. The monoisotopic (exact) mass is 288 g/mol. The standard InChI is InChI=1S/C13H15F3N2O2/c1-12(4-6-20-8-12)7-18-11(19)10-9(13(14,15)16)3-2-5-17-10/h2-3,5H,4,6-8H2,1H3,(H,18,19). The van der Waals surface area contributed by atoms with Crippen LogP contribution < -0.4 is 5.32 Å². The van der Waals surface area contributed by atoms with Crippen LogP contribution in [-0.4, -0.2) is 30.6 Å². The molecule has 1 N–H and O–H groups in total. The molecule has 1 unspecified atom stereocenters. The second kappa shape index (κ2) is 5.40. The molecule has 0 bridgehead atoms. The first-order chi connectivity index (χ1) is 9.32. The van der Waals surface area contributed by atoms with Gasteiger partial charge in [0.25, 0.3) is 5.91 Å². The molecule has 4 nitrogen and oxygen atoms in total. The molecule has 1 saturated heterocycles. The Morgan fingerprint density at radius 1 is 1.55 bits per heavy atom. The molecule has 0 radical (unpaired) electrons. The van der Waals surface area contributed by atoms with Crippen molar-refractivity contribution in [1.82, 2.24) is 10.3 Å². The number of amides is 1. The molecule has 0 spiro atoms. The van der Waals surface area contributed by atoms with E-state index in [2.05, 4.69) is 10.3 Å². The molecule has 2 rings (SSSR count). The summed E-state index contributed by atoms with van der Waals surface area (Å²) < 4.78 is 43.6. The number of ether oxygens (including phenoxy) is 1. The van der Waals surface area contributed by atoms with Gasteiger partial charge in [-0.05, 0) is 18.6 Å². The van der Waals surface area contributed by atoms with Gasteiger partial charge < -0.3 is 10.1 Å². The van der Waals surface area contributed by atoms with Crippen molar-refractivity contribution in [2.45, 2.75) is 19.5 Å². The molecule has 1 aromatic rings. The molecule has 20 heavy (non-hydrogen) atoms. The summed E-state index contributed by atoms with van der Waals surface area (Å²) in [6, 6.07) is 2.01. The number of hydrogen-bond donors (Lipinski definition) is 1. The molecule has 1 aliphatic heterocycles. The van der Waals surface area contributed by atoms with Crippen molar-refractivity contribution in [2.24, 2.45) is 5.41 Å². The number of pyridine rings is 1. The van der Waals surface area contributed by atoms with E-state index in [0.717, 1.165) is 18.6 Å². The quantitative estimate of drug-likeness (QED) is 0.928. The Kier molecular flexibility index (Phi) is 3.99. The summed E-state index contributed by atoms with van der Waals surface area (Å²) in [6.45, 7) is 3.27. The van der Waals surface area contributed by atoms with Crippen LogP contribution in [0.2, 0.25) is 0 Å². The van der Waals surface area contributed by atoms with Gasteiger partial charge in [0.2, 0.25) is 0 Å². The zero-order chi connectivity index (χ0) is 14.8. The molecule has 7 heteroatoms. The van der Waals surface area contributed by atoms with Crippen LogP contribution in [0.3, 0.4) is 0 Å². The Morgan fingerprint density at radius 2 is 2.30 bits per heavy atom. The summed E-state index contributed by atoms with van der Waals surface area (Å²) in [5, 5.41) is 2.51. The largest absolute Gasteiger partial charge is 0.418 e. The number of nitrogens with zero attached hydrogens (tertiary/aromatic N) is 1. The van der Waals surface area contributed by atoms with E-state index in [0.29, 0.717) is 13.2 Å². The number of carbonyl (C=O) groups excluding carboxylic acids is 1. The highest BCUT2D eigenvalue weighted by Crippen LogP contribution is 2.31. The number of hydrogen-bond acceptors (Lipinski definition) is 3. The molecular weight excluding hydrogens is 273 g/mol. The maximum absolute atomic E-state index is 12.8. The summed E-state index contributed by atoms with van der Waals surface area (Å²) in [4.78, 5) is 15.4. The van der Waals surface area contributed by atoms with Crippen LogP contribution in [0.1, 0.15) is 29.4 Å². The van der Waals surface area contributed by atoms with Gasteiger partial charge in [-0.2, -0.15) is 13.2 Å². The Bertz CT molecular complexity index is 497. The molecule has 1 aromatic heterocycles. The van der Waals surface area contributed by atoms with Crippen molar-refractivity contribution >= 4 is 5.91 Å². The predicted octanol–water partition coefficient (Wildman–Crippen LogP) is 2.26. The minimum absolute atomic E-state index is 0.233. The molecular formula is C13H15F3N2O2. The number of carbonyl (C=O) groups is 1. The van der Waals surface area contributed by atoms with Crippen molar-refractivity contribution in [1.29, 1.82) is 0 Å². The van der Waals surface area contributed by atoms with E-state index in [9.17, 15) is 18.0 Å². The number of halogens is 3. The lowest BCUT2D eigenvalue weighted by Crippen LogP contribution is -2.37. The number of rotatable bonds is 3. The summed E-state index contributed by atoms with van der Waals surface area (Å²) >= 11 is 0. The van der Waals surface area contributed by atoms with Gasteiger partial charge in [0.05, 0.1) is 12.2 Å². The number of alkyl halides is 3. The second-order valence-electron chi connectivity index (χ2n) is 5.19. The van der Waals surface area contributed by atoms with Gasteiger partial charge in [-0.15, -0.1) is 0 Å². The molecule has 1 amide bonds. The van der Waals surface area contributed by atoms with Crippen molar-refractivity contribution < 1.29 is 22.7 Å². The van der Waals surface area contributed by atoms with Crippen LogP contribution in [0.15, 0.2) is 18.3 Å². The summed E-state index contributed by atoms with van der Waals surface area (Å²) in [5.74, 6) is -0.814. The molecule has 1 aliphatic rings. The van der Waals surface area contributed by atoms with Crippen LogP contribution in [0.4, 0.5) is 13.2 Å². The van der Waals surface area contributed by atoms with E-state index in [-0.39, 0.29) is 12.0 Å². The zero-order valence-corrected chi connectivity index (χ0v) is 11.0. The van der Waals surface area contributed by atoms with Crippen LogP contribution in [0.5, 0.6) is 0 Å². The van der Waals surface area contributed by atoms with Crippen molar-refractivity contribution in [2.75, 3.05) is 19.8 Å². The Hall–Kier alpha value is -1.63. The predicted molar refractivity (Wildman–Crippen MR) is 65.1 cm³/mol. The van der Waals surface area contributed by atoms with Crippen molar-refractivity contribution in [3.05, 3.63) is 29.6 Å². The Balaban J connectivity index is 2.10. The first-order valence-electron chi connectivity index (χ1n) is 6.20. The first-order valence-corrected chi connectivity index (χ1v) is 6.20. The van der Waals surface area contributed by atoms with E-state index in [1.807, 2.05) is 6.92 Å². The van der Waals surface area contributed by atoms with Crippen LogP contribution >= 0.6 is 0 Å². The molecule has 1 atom stereocenters. The SMILES string of the molecule is CC1(CNC(=O)c2ncccc2C(F)(F)F)CCOC1. The molecule has 0 aromatic carbocycles. The minimum atomic E-state index is -4.60. The van der Waals surface area contributed by atoms with Gasteiger partial charge in [0.15, 0.2) is 0 Å². The third kappa shape index (κ3) is 3.27. The van der Waals surface area contributed by atoms with Gasteiger partial charge in [0.1, 0.15) is 5.69 Å². The fourth-order valence-corrected chi connectivity index (χ4v) is 2.04. The topological polar surface area (TPSA) is 51.2 Å². The first kappa shape index (κ1) is 14.8. The van der Waals surface area contributed by atoms with Gasteiger partial charge in [-0.25, -0.2) is 0 Å². The lowest BCUT2D eigenvalue weighted by atomic mass is 9.90. The molecule has 1 fully saturated rings. The minimum Gasteiger partial charge on any atom is -0.381 e. The molecule has 0 aliphatic carbocycles. The molecule has 0 saturated carbocycles. The number of aromatic nitrogens is 1. The van der Waals surface area contributed by atoms with Gasteiger partial charge >= 0.3 is 6.18 Å². The summed E-state index contributed by atoms with van der Waals surface area (Å²) in [5.41, 5.74) is -1.85. The Labute approximate surface area is 114 Å². The average molecular weight is 288 g/mol. The average Bonchev–Trinajstić information content (AvgIpc) is 2.82. The highest BCUT2D eigenvalue weighted by Gasteiger charge is 2.36. The van der Waals surface area contributed by atoms with Gasteiger partial charge in [0, 0.05) is 24.8 Å². The normalized spacial score (nSPS) is 22.8. The van der Waals surface area contributed by atoms with Gasteiger partial charge in [-0.1, -0.05) is 6.92 Å². The lowest BCUT2D eigenvalue weighted by molar-refractivity contribution is -0.138. The highest BCUT2D eigenvalue weighted by atomic mass is 19.4. The van der Waals surface area contributed by atoms with Gasteiger partial charge in [-0.3, -0.25) is 9.78 Å². The molecule has 2 heterocycles. The zero-order valence-electron chi connectivity index (χ0n) is 11.0. The highest BCUT2D eigenvalue weighted by molar-refractivity contribution is 5.93. The van der Waals surface area contributed by atoms with E-state index >= 15 is 0 Å². The summed E-state index contributed by atoms with van der Waals surface area (Å²) in [7, 11) is 0. The maximum Gasteiger partial charge on any atom is 0.418 e. The Morgan fingerprint density at radius 3 is 2.90 bits per heavy atom. The van der Waals surface area contributed by atoms with E-state index in [4.69, 9.17) is 4.74 Å².